The molecule has 2 atom stereocenters. The topological polar surface area (TPSA) is 60.2 Å². The molecule has 0 saturated carbocycles. The van der Waals surface area contributed by atoms with Gasteiger partial charge in [0.1, 0.15) is 11.6 Å². The Hall–Kier alpha value is -2.49. The van der Waals surface area contributed by atoms with Gasteiger partial charge in [0, 0.05) is 29.6 Å². The number of anilines is 1. The number of benzene rings is 2. The Balaban J connectivity index is 1.46. The molecule has 0 fully saturated rings. The van der Waals surface area contributed by atoms with E-state index in [4.69, 9.17) is 10.5 Å². The molecule has 4 nitrogen and oxygen atoms in total. The normalized spacial score (nSPS) is 18.5. The molecule has 0 aliphatic heterocycles. The van der Waals surface area contributed by atoms with Gasteiger partial charge in [0.25, 0.3) is 0 Å². The van der Waals surface area contributed by atoms with E-state index in [0.29, 0.717) is 5.13 Å². The van der Waals surface area contributed by atoms with Crippen LogP contribution in [0.1, 0.15) is 18.4 Å². The minimum Gasteiger partial charge on any atom is -0.490 e. The van der Waals surface area contributed by atoms with Gasteiger partial charge in [-0.25, -0.2) is 18.2 Å². The van der Waals surface area contributed by atoms with Gasteiger partial charge in [-0.1, -0.05) is 18.2 Å². The Morgan fingerprint density at radius 2 is 1.97 bits per heavy atom. The third kappa shape index (κ3) is 5.23. The number of thiazole rings is 1. The van der Waals surface area contributed by atoms with E-state index in [2.05, 4.69) is 9.71 Å². The molecule has 9 heteroatoms. The molecule has 3 N–H and O–H groups in total. The predicted molar refractivity (Wildman–Crippen MR) is 119 cm³/mol. The Bertz CT molecular complexity index is 1060. The first kappa shape index (κ1) is 21.7. The van der Waals surface area contributed by atoms with Crippen LogP contribution in [-0.4, -0.2) is 17.6 Å². The van der Waals surface area contributed by atoms with Crippen LogP contribution in [-0.2, 0) is 0 Å². The molecular formula is C22H20F3N3OS2. The largest absolute Gasteiger partial charge is 0.490 e. The summed E-state index contributed by atoms with van der Waals surface area (Å²) in [7, 11) is 0. The Kier molecular flexibility index (Phi) is 6.84. The molecule has 3 aromatic rings. The average Bonchev–Trinajstić information content (AvgIpc) is 3.28. The first-order valence-electron chi connectivity index (χ1n) is 9.67. The second-order valence-electron chi connectivity index (χ2n) is 7.08. The Morgan fingerprint density at radius 1 is 1.16 bits per heavy atom. The van der Waals surface area contributed by atoms with Gasteiger partial charge in [-0.05, 0) is 54.1 Å². The van der Waals surface area contributed by atoms with Gasteiger partial charge < -0.3 is 15.2 Å². The van der Waals surface area contributed by atoms with Crippen molar-refractivity contribution in [1.82, 2.24) is 4.98 Å². The van der Waals surface area contributed by atoms with Crippen molar-refractivity contribution >= 4 is 34.0 Å². The lowest BCUT2D eigenvalue weighted by Gasteiger charge is -2.30. The van der Waals surface area contributed by atoms with Crippen molar-refractivity contribution in [3.63, 3.8) is 0 Å². The number of rotatable bonds is 7. The van der Waals surface area contributed by atoms with Crippen LogP contribution < -0.4 is 15.2 Å². The van der Waals surface area contributed by atoms with E-state index in [0.717, 1.165) is 48.1 Å². The summed E-state index contributed by atoms with van der Waals surface area (Å²) in [4.78, 5) is 4.13. The lowest BCUT2D eigenvalue weighted by molar-refractivity contribution is 0.242. The van der Waals surface area contributed by atoms with Gasteiger partial charge in [-0.2, -0.15) is 0 Å². The molecule has 0 saturated heterocycles. The fourth-order valence-corrected chi connectivity index (χ4v) is 4.71. The molecule has 1 aliphatic rings. The summed E-state index contributed by atoms with van der Waals surface area (Å²) in [6.07, 6.45) is 5.22. The summed E-state index contributed by atoms with van der Waals surface area (Å²) < 4.78 is 50.9. The van der Waals surface area contributed by atoms with Crippen molar-refractivity contribution in [2.24, 2.45) is 11.7 Å². The fraction of sp³-hybridized carbons (Fsp3) is 0.227. The minimum atomic E-state index is -0.665. The van der Waals surface area contributed by atoms with Crippen LogP contribution in [0.5, 0.6) is 5.75 Å². The monoisotopic (exact) mass is 463 g/mol. The first-order valence-corrected chi connectivity index (χ1v) is 11.4. The number of ether oxygens (including phenoxy) is 1. The van der Waals surface area contributed by atoms with Crippen molar-refractivity contribution < 1.29 is 17.9 Å². The lowest BCUT2D eigenvalue weighted by Crippen LogP contribution is -2.37. The minimum absolute atomic E-state index is 0.0879. The van der Waals surface area contributed by atoms with E-state index in [9.17, 15) is 13.2 Å². The fourth-order valence-electron chi connectivity index (χ4n) is 3.45. The molecule has 4 rings (SSSR count). The maximum absolute atomic E-state index is 14.6. The van der Waals surface area contributed by atoms with Crippen molar-refractivity contribution in [2.75, 3.05) is 11.3 Å². The van der Waals surface area contributed by atoms with Gasteiger partial charge >= 0.3 is 0 Å². The molecule has 0 amide bonds. The predicted octanol–water partition coefficient (Wildman–Crippen LogP) is 5.88. The summed E-state index contributed by atoms with van der Waals surface area (Å²) in [6.45, 7) is 0.0879. The van der Waals surface area contributed by atoms with Crippen LogP contribution in [0.15, 0.2) is 58.9 Å². The summed E-state index contributed by atoms with van der Waals surface area (Å²) in [5.74, 6) is -1.99. The molecule has 1 aliphatic carbocycles. The van der Waals surface area contributed by atoms with Crippen LogP contribution in [0, 0.1) is 23.4 Å². The van der Waals surface area contributed by atoms with Gasteiger partial charge in [0.2, 0.25) is 0 Å². The zero-order valence-electron chi connectivity index (χ0n) is 16.4. The third-order valence-corrected chi connectivity index (χ3v) is 6.69. The number of allylic oxidation sites excluding steroid dienone is 1. The zero-order valence-corrected chi connectivity index (χ0v) is 18.0. The quantitative estimate of drug-likeness (QED) is 0.429. The lowest BCUT2D eigenvalue weighted by atomic mass is 9.81. The molecule has 162 valence electrons. The summed E-state index contributed by atoms with van der Waals surface area (Å²) in [5, 5.41) is 2.37. The van der Waals surface area contributed by atoms with Crippen molar-refractivity contribution in [2.45, 2.75) is 23.8 Å². The standard InChI is InChI=1S/C22H20F3N3OS2/c23-14-6-4-13(5-7-14)15-2-1-3-19(26)16(15)12-29-20-10-18(25)21(11-17(20)24)31-28-22-27-8-9-30-22/h2,4-11,16,19H,1,3,12,26H2,(H,27,28). The first-order chi connectivity index (χ1) is 15.0. The number of halogens is 3. The van der Waals surface area contributed by atoms with Gasteiger partial charge in [-0.3, -0.25) is 0 Å². The number of nitrogens with one attached hydrogen (secondary N) is 1. The van der Waals surface area contributed by atoms with E-state index in [-0.39, 0.29) is 35.0 Å². The van der Waals surface area contributed by atoms with Crippen molar-refractivity contribution in [1.29, 1.82) is 0 Å². The maximum Gasteiger partial charge on any atom is 0.192 e. The smallest absolute Gasteiger partial charge is 0.192 e. The highest BCUT2D eigenvalue weighted by Crippen LogP contribution is 2.34. The van der Waals surface area contributed by atoms with E-state index in [1.807, 2.05) is 6.08 Å². The third-order valence-electron chi connectivity index (χ3n) is 5.04. The highest BCUT2D eigenvalue weighted by Gasteiger charge is 2.27. The molecule has 31 heavy (non-hydrogen) atoms. The van der Waals surface area contributed by atoms with Crippen LogP contribution in [0.25, 0.3) is 5.57 Å². The molecule has 0 bridgehead atoms. The second-order valence-corrected chi connectivity index (χ2v) is 8.82. The molecule has 0 spiro atoms. The second kappa shape index (κ2) is 9.76. The molecule has 0 radical (unpaired) electrons. The van der Waals surface area contributed by atoms with E-state index >= 15 is 0 Å². The van der Waals surface area contributed by atoms with Crippen LogP contribution >= 0.6 is 23.3 Å². The molecule has 1 heterocycles. The highest BCUT2D eigenvalue weighted by atomic mass is 32.2. The van der Waals surface area contributed by atoms with Gasteiger partial charge in [0.05, 0.1) is 11.5 Å². The number of aromatic nitrogens is 1. The van der Waals surface area contributed by atoms with Gasteiger partial charge in [0.15, 0.2) is 16.7 Å². The van der Waals surface area contributed by atoms with Crippen LogP contribution in [0.3, 0.4) is 0 Å². The number of nitrogens with zero attached hydrogens (tertiary/aromatic N) is 1. The molecule has 2 unspecified atom stereocenters. The highest BCUT2D eigenvalue weighted by molar-refractivity contribution is 8.00. The average molecular weight is 464 g/mol. The zero-order chi connectivity index (χ0) is 21.8. The number of hydrogen-bond donors (Lipinski definition) is 2. The molecule has 2 aromatic carbocycles. The number of hydrogen-bond acceptors (Lipinski definition) is 6. The van der Waals surface area contributed by atoms with Gasteiger partial charge in [-0.15, -0.1) is 11.3 Å². The Labute approximate surface area is 186 Å². The maximum atomic E-state index is 14.6. The molecular weight excluding hydrogens is 443 g/mol. The summed E-state index contributed by atoms with van der Waals surface area (Å²) in [6, 6.07) is 8.08. The van der Waals surface area contributed by atoms with Crippen LogP contribution in [0.2, 0.25) is 0 Å². The summed E-state index contributed by atoms with van der Waals surface area (Å²) >= 11 is 2.30. The Morgan fingerprint density at radius 3 is 2.71 bits per heavy atom. The van der Waals surface area contributed by atoms with E-state index in [1.165, 1.54) is 23.5 Å². The van der Waals surface area contributed by atoms with E-state index < -0.39 is 11.6 Å². The SMILES string of the molecule is NC1CCC=C(c2ccc(F)cc2)C1COc1cc(F)c(SNc2nccs2)cc1F. The van der Waals surface area contributed by atoms with E-state index in [1.54, 1.807) is 23.7 Å². The van der Waals surface area contributed by atoms with Crippen molar-refractivity contribution in [3.05, 3.63) is 77.1 Å². The van der Waals surface area contributed by atoms with Crippen LogP contribution in [0.4, 0.5) is 18.3 Å². The molecule has 1 aromatic heterocycles. The summed E-state index contributed by atoms with van der Waals surface area (Å²) in [5.41, 5.74) is 8.07. The number of nitrogens with two attached hydrogens (primary N) is 1. The van der Waals surface area contributed by atoms with Crippen molar-refractivity contribution in [3.8, 4) is 5.75 Å².